The van der Waals surface area contributed by atoms with Crippen LogP contribution in [0.25, 0.3) is 0 Å². The number of carbonyl (C=O) groups excluding carboxylic acids is 2. The van der Waals surface area contributed by atoms with E-state index in [1.165, 1.54) is 6.08 Å². The number of esters is 1. The molecule has 0 aromatic rings. The molecule has 4 heteroatoms. The third-order valence-corrected chi connectivity index (χ3v) is 5.91. The van der Waals surface area contributed by atoms with Gasteiger partial charge >= 0.3 is 5.97 Å². The van der Waals surface area contributed by atoms with Gasteiger partial charge in [0, 0.05) is 17.8 Å². The normalized spacial score (nSPS) is 51.5. The van der Waals surface area contributed by atoms with E-state index in [0.717, 1.165) is 12.8 Å². The van der Waals surface area contributed by atoms with E-state index in [-0.39, 0.29) is 35.4 Å². The van der Waals surface area contributed by atoms with E-state index >= 15 is 0 Å². The van der Waals surface area contributed by atoms with E-state index in [4.69, 9.17) is 4.74 Å². The minimum Gasteiger partial charge on any atom is -0.459 e. The van der Waals surface area contributed by atoms with E-state index < -0.39 is 11.2 Å². The highest BCUT2D eigenvalue weighted by Crippen LogP contribution is 2.71. The molecular formula is C15H18O4. The lowest BCUT2D eigenvalue weighted by atomic mass is 9.56. The average molecular weight is 262 g/mol. The summed E-state index contributed by atoms with van der Waals surface area (Å²) in [5, 5.41) is 11.0. The van der Waals surface area contributed by atoms with Crippen LogP contribution in [0.5, 0.6) is 0 Å². The predicted molar refractivity (Wildman–Crippen MR) is 66.1 cm³/mol. The monoisotopic (exact) mass is 262 g/mol. The highest BCUT2D eigenvalue weighted by molar-refractivity contribution is 5.94. The summed E-state index contributed by atoms with van der Waals surface area (Å²) in [7, 11) is 0. The zero-order valence-corrected chi connectivity index (χ0v) is 11.0. The fourth-order valence-corrected chi connectivity index (χ4v) is 4.91. The molecule has 1 saturated heterocycles. The third-order valence-electron chi connectivity index (χ3n) is 5.91. The van der Waals surface area contributed by atoms with Gasteiger partial charge < -0.3 is 9.84 Å². The van der Waals surface area contributed by atoms with Crippen LogP contribution < -0.4 is 0 Å². The average Bonchev–Trinajstić information content (AvgIpc) is 3.08. The van der Waals surface area contributed by atoms with Crippen LogP contribution in [0.1, 0.15) is 39.0 Å². The third kappa shape index (κ3) is 1.23. The zero-order valence-electron chi connectivity index (χ0n) is 11.0. The van der Waals surface area contributed by atoms with Crippen LogP contribution in [-0.4, -0.2) is 28.1 Å². The second-order valence-corrected chi connectivity index (χ2v) is 6.90. The van der Waals surface area contributed by atoms with Crippen LogP contribution in [0.15, 0.2) is 12.2 Å². The lowest BCUT2D eigenvalue weighted by Gasteiger charge is -2.50. The van der Waals surface area contributed by atoms with Crippen molar-refractivity contribution in [2.45, 2.75) is 50.2 Å². The molecule has 1 N–H and O–H groups in total. The van der Waals surface area contributed by atoms with Crippen molar-refractivity contribution in [3.8, 4) is 0 Å². The maximum absolute atomic E-state index is 12.2. The summed E-state index contributed by atoms with van der Waals surface area (Å²) in [4.78, 5) is 24.0. The second-order valence-electron chi connectivity index (χ2n) is 6.90. The number of carbonyl (C=O) groups is 2. The maximum atomic E-state index is 12.2. The molecule has 1 heterocycles. The Morgan fingerprint density at radius 1 is 1.26 bits per heavy atom. The van der Waals surface area contributed by atoms with E-state index in [0.29, 0.717) is 12.8 Å². The first-order valence-electron chi connectivity index (χ1n) is 7.08. The van der Waals surface area contributed by atoms with Crippen LogP contribution in [0.3, 0.4) is 0 Å². The fraction of sp³-hybridized carbons (Fsp3) is 0.733. The van der Waals surface area contributed by atoms with Crippen LogP contribution in [0.4, 0.5) is 0 Å². The molecule has 4 nitrogen and oxygen atoms in total. The Kier molecular flexibility index (Phi) is 1.91. The Morgan fingerprint density at radius 2 is 2.00 bits per heavy atom. The molecule has 3 fully saturated rings. The topological polar surface area (TPSA) is 63.6 Å². The van der Waals surface area contributed by atoms with Gasteiger partial charge in [-0.15, -0.1) is 0 Å². The predicted octanol–water partition coefficient (Wildman–Crippen LogP) is 1.37. The molecule has 0 radical (unpaired) electrons. The molecule has 2 saturated carbocycles. The molecule has 102 valence electrons. The zero-order chi connectivity index (χ0) is 13.5. The molecule has 4 aliphatic rings. The maximum Gasteiger partial charge on any atom is 0.310 e. The van der Waals surface area contributed by atoms with E-state index in [2.05, 4.69) is 0 Å². The number of ketones is 1. The van der Waals surface area contributed by atoms with Crippen LogP contribution in [0.2, 0.25) is 0 Å². The second kappa shape index (κ2) is 3.11. The van der Waals surface area contributed by atoms with Crippen LogP contribution >= 0.6 is 0 Å². The quantitative estimate of drug-likeness (QED) is 0.670. The summed E-state index contributed by atoms with van der Waals surface area (Å²) in [5.74, 6) is -0.698. The van der Waals surface area contributed by atoms with Gasteiger partial charge in [-0.3, -0.25) is 9.59 Å². The van der Waals surface area contributed by atoms with Gasteiger partial charge in [-0.2, -0.15) is 0 Å². The van der Waals surface area contributed by atoms with Gasteiger partial charge in [-0.25, -0.2) is 0 Å². The van der Waals surface area contributed by atoms with E-state index in [1.54, 1.807) is 6.08 Å². The first kappa shape index (κ1) is 11.6. The van der Waals surface area contributed by atoms with Gasteiger partial charge in [0.1, 0.15) is 5.60 Å². The summed E-state index contributed by atoms with van der Waals surface area (Å²) in [6, 6.07) is 0. The van der Waals surface area contributed by atoms with Gasteiger partial charge in [-0.1, -0.05) is 0 Å². The van der Waals surface area contributed by atoms with Gasteiger partial charge in [0.15, 0.2) is 5.78 Å². The van der Waals surface area contributed by atoms with Crippen LogP contribution in [-0.2, 0) is 14.3 Å². The molecule has 19 heavy (non-hydrogen) atoms. The fourth-order valence-electron chi connectivity index (χ4n) is 4.91. The van der Waals surface area contributed by atoms with Crippen molar-refractivity contribution in [2.75, 3.05) is 0 Å². The molecule has 0 amide bonds. The van der Waals surface area contributed by atoms with Crippen molar-refractivity contribution < 1.29 is 19.4 Å². The molecule has 4 atom stereocenters. The number of ether oxygens (including phenoxy) is 1. The summed E-state index contributed by atoms with van der Waals surface area (Å²) in [6.07, 6.45) is 6.50. The summed E-state index contributed by atoms with van der Waals surface area (Å²) in [5.41, 5.74) is -1.66. The molecule has 3 aliphatic carbocycles. The molecule has 2 bridgehead atoms. The Bertz CT molecular complexity index is 518. The first-order chi connectivity index (χ1) is 8.90. The van der Waals surface area contributed by atoms with Gasteiger partial charge in [0.05, 0.1) is 11.5 Å². The minimum absolute atomic E-state index is 0.0138. The van der Waals surface area contributed by atoms with Crippen molar-refractivity contribution in [3.05, 3.63) is 12.2 Å². The van der Waals surface area contributed by atoms with Crippen LogP contribution in [0, 0.1) is 17.3 Å². The Labute approximate surface area is 111 Å². The van der Waals surface area contributed by atoms with Crippen molar-refractivity contribution in [2.24, 2.45) is 17.3 Å². The van der Waals surface area contributed by atoms with Gasteiger partial charge in [0.2, 0.25) is 0 Å². The summed E-state index contributed by atoms with van der Waals surface area (Å²) in [6.45, 7) is 1.98. The minimum atomic E-state index is -0.931. The Hall–Kier alpha value is -1.16. The molecule has 0 aromatic carbocycles. The summed E-state index contributed by atoms with van der Waals surface area (Å²) < 4.78 is 5.63. The standard InChI is InChI=1S/C15H18O4/c1-13-4-7-15(18)3-2-9(16)8-10(12(17)19-13)11(13)14(15)5-6-14/h2-3,10-11,18H,4-8H2,1H3/b3-2-/t10-,11?,13+,15+/m1/s1. The molecule has 4 rings (SSSR count). The molecule has 1 unspecified atom stereocenters. The number of hydrogen-bond donors (Lipinski definition) is 1. The number of allylic oxidation sites excluding steroid dienone is 1. The first-order valence-corrected chi connectivity index (χ1v) is 7.08. The SMILES string of the molecule is C[C@@]12CC[C@@]3(O)/C=C\C(=O)C[C@@H](C(=O)O1)C2C31CC1. The highest BCUT2D eigenvalue weighted by Gasteiger charge is 2.74. The van der Waals surface area contributed by atoms with Crippen molar-refractivity contribution in [3.63, 3.8) is 0 Å². The smallest absolute Gasteiger partial charge is 0.310 e. The molecular weight excluding hydrogens is 244 g/mol. The van der Waals surface area contributed by atoms with Gasteiger partial charge in [-0.05, 0) is 44.8 Å². The lowest BCUT2D eigenvalue weighted by molar-refractivity contribution is -0.160. The number of aliphatic hydroxyl groups is 1. The Morgan fingerprint density at radius 3 is 2.68 bits per heavy atom. The van der Waals surface area contributed by atoms with Gasteiger partial charge in [0.25, 0.3) is 0 Å². The Balaban J connectivity index is 1.92. The highest BCUT2D eigenvalue weighted by atomic mass is 16.6. The van der Waals surface area contributed by atoms with E-state index in [1.807, 2.05) is 6.92 Å². The van der Waals surface area contributed by atoms with Crippen molar-refractivity contribution in [1.82, 2.24) is 0 Å². The van der Waals surface area contributed by atoms with Crippen molar-refractivity contribution >= 4 is 11.8 Å². The van der Waals surface area contributed by atoms with Crippen molar-refractivity contribution in [1.29, 1.82) is 0 Å². The molecule has 1 aliphatic heterocycles. The van der Waals surface area contributed by atoms with E-state index in [9.17, 15) is 14.7 Å². The largest absolute Gasteiger partial charge is 0.459 e. The summed E-state index contributed by atoms with van der Waals surface area (Å²) >= 11 is 0. The number of rotatable bonds is 0. The molecule has 0 aromatic heterocycles. The lowest BCUT2D eigenvalue weighted by Crippen LogP contribution is -2.56. The molecule has 1 spiro atoms. The number of hydrogen-bond acceptors (Lipinski definition) is 4.